The van der Waals surface area contributed by atoms with Crippen molar-refractivity contribution in [2.24, 2.45) is 10.8 Å². The monoisotopic (exact) mass is 442 g/mol. The second-order valence-electron chi connectivity index (χ2n) is 6.36. The molecular weight excluding hydrogens is 428 g/mol. The van der Waals surface area contributed by atoms with Crippen molar-refractivity contribution in [2.75, 3.05) is 6.79 Å². The van der Waals surface area contributed by atoms with Crippen LogP contribution in [0.3, 0.4) is 0 Å². The Bertz CT molecular complexity index is 1310. The maximum Gasteiger partial charge on any atom is 0.276 e. The van der Waals surface area contributed by atoms with Gasteiger partial charge in [0.25, 0.3) is 11.2 Å². The molecule has 0 aliphatic carbocycles. The normalized spacial score (nSPS) is 13.8. The number of fused-ring (bicyclic) bond motifs is 2. The molecule has 13 heteroatoms. The molecule has 1 unspecified atom stereocenters. The van der Waals surface area contributed by atoms with Crippen LogP contribution in [0.1, 0.15) is 17.4 Å². The lowest BCUT2D eigenvalue weighted by Crippen LogP contribution is -2.31. The molecule has 1 aliphatic rings. The maximum atomic E-state index is 12.7. The Morgan fingerprint density at radius 2 is 2.10 bits per heavy atom. The Morgan fingerprint density at radius 1 is 1.32 bits per heavy atom. The van der Waals surface area contributed by atoms with E-state index in [2.05, 4.69) is 20.5 Å². The van der Waals surface area contributed by atoms with Gasteiger partial charge in [-0.15, -0.1) is 0 Å². The molecule has 0 fully saturated rings. The van der Waals surface area contributed by atoms with Gasteiger partial charge in [0.15, 0.2) is 22.3 Å². The number of nitrogens with zero attached hydrogens (tertiary/aromatic N) is 3. The molecule has 1 aliphatic heterocycles. The minimum atomic E-state index is -1.42. The van der Waals surface area contributed by atoms with Gasteiger partial charge in [0.1, 0.15) is 11.8 Å². The number of nitro groups is 1. The second kappa shape index (κ2) is 7.97. The average Bonchev–Trinajstić information content (AvgIpc) is 3.21. The smallest absolute Gasteiger partial charge is 0.276 e. The van der Waals surface area contributed by atoms with Crippen LogP contribution in [0.25, 0.3) is 11.0 Å². The van der Waals surface area contributed by atoms with Gasteiger partial charge in [0.2, 0.25) is 6.79 Å². The molecule has 0 amide bonds. The van der Waals surface area contributed by atoms with E-state index < -0.39 is 16.6 Å². The van der Waals surface area contributed by atoms with Gasteiger partial charge in [-0.05, 0) is 36.0 Å². The number of thiocarbonyl (C=S) groups is 1. The van der Waals surface area contributed by atoms with Crippen LogP contribution in [0.2, 0.25) is 0 Å². The first-order chi connectivity index (χ1) is 14.8. The molecule has 1 aromatic heterocycles. The summed E-state index contributed by atoms with van der Waals surface area (Å²) in [5.41, 5.74) is 7.19. The van der Waals surface area contributed by atoms with E-state index in [4.69, 9.17) is 27.4 Å². The molecule has 0 radical (unpaired) electrons. The molecule has 2 aromatic carbocycles. The number of hydrazone groups is 1. The van der Waals surface area contributed by atoms with Crippen LogP contribution in [0.5, 0.6) is 11.5 Å². The van der Waals surface area contributed by atoms with E-state index in [0.29, 0.717) is 17.1 Å². The van der Waals surface area contributed by atoms with E-state index in [-0.39, 0.29) is 40.0 Å². The number of non-ortho nitro benzene ring substituents is 1. The van der Waals surface area contributed by atoms with Crippen molar-refractivity contribution >= 4 is 39.8 Å². The lowest BCUT2D eigenvalue weighted by molar-refractivity contribution is -0.384. The van der Waals surface area contributed by atoms with Crippen LogP contribution in [-0.2, 0) is 0 Å². The van der Waals surface area contributed by atoms with Gasteiger partial charge in [-0.2, -0.15) is 5.10 Å². The summed E-state index contributed by atoms with van der Waals surface area (Å²) < 4.78 is 10.6. The number of H-pyrrole nitrogens is 1. The number of ether oxygens (including phenoxy) is 2. The summed E-state index contributed by atoms with van der Waals surface area (Å²) in [6, 6.07) is 8.53. The highest BCUT2D eigenvalue weighted by molar-refractivity contribution is 7.80. The van der Waals surface area contributed by atoms with Crippen molar-refractivity contribution in [3.63, 3.8) is 0 Å². The molecule has 2 heterocycles. The van der Waals surface area contributed by atoms with E-state index in [9.17, 15) is 20.0 Å². The number of aromatic amines is 1. The summed E-state index contributed by atoms with van der Waals surface area (Å²) in [6.07, 6.45) is -1.42. The fourth-order valence-electron chi connectivity index (χ4n) is 2.96. The Labute approximate surface area is 178 Å². The lowest BCUT2D eigenvalue weighted by atomic mass is 10.0. The molecule has 0 spiro atoms. The number of nitrogens with two attached hydrogens (primary N) is 1. The third-order valence-electron chi connectivity index (χ3n) is 4.39. The van der Waals surface area contributed by atoms with E-state index in [1.807, 2.05) is 0 Å². The summed E-state index contributed by atoms with van der Waals surface area (Å²) in [7, 11) is 0. The third kappa shape index (κ3) is 3.99. The minimum absolute atomic E-state index is 0.0524. The summed E-state index contributed by atoms with van der Waals surface area (Å²) in [5, 5.41) is 25.7. The Kier molecular flexibility index (Phi) is 5.19. The van der Waals surface area contributed by atoms with E-state index in [0.717, 1.165) is 0 Å². The van der Waals surface area contributed by atoms with Gasteiger partial charge < -0.3 is 25.3 Å². The van der Waals surface area contributed by atoms with Gasteiger partial charge in [-0.1, -0.05) is 6.07 Å². The number of nitrogens with one attached hydrogen (secondary N) is 2. The predicted octanol–water partition coefficient (Wildman–Crippen LogP) is 0.831. The SMILES string of the molecule is NC(=S)N/N=C(\c1nc2ccc([N+](=O)[O-])cc2[nH]c1=O)C(O)c1ccc2c(c1)OCO2. The topological polar surface area (TPSA) is 178 Å². The van der Waals surface area contributed by atoms with Crippen molar-refractivity contribution in [3.05, 3.63) is 68.1 Å². The quantitative estimate of drug-likeness (QED) is 0.191. The van der Waals surface area contributed by atoms with E-state index >= 15 is 0 Å². The van der Waals surface area contributed by atoms with Crippen LogP contribution in [0.4, 0.5) is 5.69 Å². The van der Waals surface area contributed by atoms with Gasteiger partial charge >= 0.3 is 0 Å². The number of hydrogen-bond acceptors (Lipinski definition) is 9. The lowest BCUT2D eigenvalue weighted by Gasteiger charge is -2.14. The second-order valence-corrected chi connectivity index (χ2v) is 6.80. The van der Waals surface area contributed by atoms with Crippen LogP contribution >= 0.6 is 12.2 Å². The number of nitro benzene ring substituents is 1. The zero-order valence-electron chi connectivity index (χ0n) is 15.6. The Balaban J connectivity index is 1.81. The van der Waals surface area contributed by atoms with E-state index in [1.54, 1.807) is 18.2 Å². The summed E-state index contributed by atoms with van der Waals surface area (Å²) >= 11 is 4.75. The van der Waals surface area contributed by atoms with Crippen LogP contribution < -0.4 is 26.2 Å². The van der Waals surface area contributed by atoms with Crippen molar-refractivity contribution < 1.29 is 19.5 Å². The van der Waals surface area contributed by atoms with Gasteiger partial charge in [0, 0.05) is 12.1 Å². The average molecular weight is 442 g/mol. The van der Waals surface area contributed by atoms with Gasteiger partial charge in [0.05, 0.1) is 16.0 Å². The molecule has 3 aromatic rings. The highest BCUT2D eigenvalue weighted by Crippen LogP contribution is 2.34. The van der Waals surface area contributed by atoms with Crippen molar-refractivity contribution in [1.29, 1.82) is 0 Å². The largest absolute Gasteiger partial charge is 0.454 e. The molecular formula is C18H14N6O6S. The predicted molar refractivity (Wildman–Crippen MR) is 113 cm³/mol. The fourth-order valence-corrected chi connectivity index (χ4v) is 3.01. The first-order valence-electron chi connectivity index (χ1n) is 8.73. The van der Waals surface area contributed by atoms with Crippen molar-refractivity contribution in [2.45, 2.75) is 6.10 Å². The molecule has 158 valence electrons. The van der Waals surface area contributed by atoms with Gasteiger partial charge in [-0.3, -0.25) is 20.3 Å². The Morgan fingerprint density at radius 3 is 2.84 bits per heavy atom. The summed E-state index contributed by atoms with van der Waals surface area (Å²) in [6.45, 7) is 0.0524. The van der Waals surface area contributed by atoms with Gasteiger partial charge in [-0.25, -0.2) is 4.98 Å². The number of aliphatic hydroxyl groups excluding tert-OH is 1. The maximum absolute atomic E-state index is 12.7. The fraction of sp³-hybridized carbons (Fsp3) is 0.111. The molecule has 0 bridgehead atoms. The zero-order chi connectivity index (χ0) is 22.1. The molecule has 5 N–H and O–H groups in total. The first kappa shape index (κ1) is 20.2. The standard InChI is InChI=1S/C18H14N6O6S/c19-18(31)23-22-14(16(25)8-1-4-12-13(5-8)30-7-29-12)15-17(26)21-11-6-9(24(27)28)2-3-10(11)20-15/h1-6,16,25H,7H2,(H,21,26)(H3,19,23,31)/b22-14+. The molecule has 1 atom stereocenters. The highest BCUT2D eigenvalue weighted by atomic mass is 32.1. The van der Waals surface area contributed by atoms with Crippen molar-refractivity contribution in [3.8, 4) is 11.5 Å². The third-order valence-corrected chi connectivity index (χ3v) is 4.48. The number of benzene rings is 2. The highest BCUT2D eigenvalue weighted by Gasteiger charge is 2.25. The zero-order valence-corrected chi connectivity index (χ0v) is 16.4. The van der Waals surface area contributed by atoms with E-state index in [1.165, 1.54) is 18.2 Å². The molecule has 0 saturated heterocycles. The first-order valence-corrected chi connectivity index (χ1v) is 9.14. The van der Waals surface area contributed by atoms with Crippen LogP contribution in [0, 0.1) is 10.1 Å². The number of aliphatic hydroxyl groups is 1. The molecule has 12 nitrogen and oxygen atoms in total. The Hall–Kier alpha value is -4.10. The number of rotatable bonds is 5. The minimum Gasteiger partial charge on any atom is -0.454 e. The number of aromatic nitrogens is 2. The molecule has 0 saturated carbocycles. The summed E-state index contributed by atoms with van der Waals surface area (Å²) in [5.74, 6) is 0.935. The van der Waals surface area contributed by atoms with Crippen LogP contribution in [0.15, 0.2) is 46.3 Å². The molecule has 4 rings (SSSR count). The van der Waals surface area contributed by atoms with Crippen molar-refractivity contribution in [1.82, 2.24) is 15.4 Å². The summed E-state index contributed by atoms with van der Waals surface area (Å²) in [4.78, 5) is 29.8. The molecule has 31 heavy (non-hydrogen) atoms. The van der Waals surface area contributed by atoms with Crippen LogP contribution in [-0.4, -0.2) is 37.6 Å². The number of hydrogen-bond donors (Lipinski definition) is 4.